The van der Waals surface area contributed by atoms with E-state index in [2.05, 4.69) is 29.8 Å². The van der Waals surface area contributed by atoms with E-state index >= 15 is 0 Å². The number of hydrogen-bond acceptors (Lipinski definition) is 4. The molecule has 0 bridgehead atoms. The van der Waals surface area contributed by atoms with Crippen LogP contribution in [0.3, 0.4) is 0 Å². The molecule has 0 aromatic heterocycles. The average Bonchev–Trinajstić information content (AvgIpc) is 2.29. The minimum Gasteiger partial charge on any atom is -0.488 e. The molecule has 0 saturated heterocycles. The molecule has 0 aliphatic heterocycles. The number of nitrogens with two attached hydrogens (primary N) is 1. The van der Waals surface area contributed by atoms with Crippen LogP contribution in [0.15, 0.2) is 16.6 Å². The van der Waals surface area contributed by atoms with Gasteiger partial charge in [-0.15, -0.1) is 0 Å². The zero-order valence-electron chi connectivity index (χ0n) is 11.5. The predicted molar refractivity (Wildman–Crippen MR) is 79.7 cm³/mol. The molecule has 5 heteroatoms. The summed E-state index contributed by atoms with van der Waals surface area (Å²) in [7, 11) is 0. The number of ketones is 1. The summed E-state index contributed by atoms with van der Waals surface area (Å²) < 4.78 is 11.8. The van der Waals surface area contributed by atoms with E-state index in [-0.39, 0.29) is 5.78 Å². The number of rotatable bonds is 7. The van der Waals surface area contributed by atoms with Gasteiger partial charge in [0.05, 0.1) is 17.9 Å². The molecule has 0 aliphatic carbocycles. The van der Waals surface area contributed by atoms with E-state index < -0.39 is 0 Å². The molecule has 0 saturated carbocycles. The number of carbonyl (C=O) groups excluding carboxylic acids is 1. The normalized spacial score (nSPS) is 10.8. The molecule has 0 fully saturated rings. The van der Waals surface area contributed by atoms with Crippen LogP contribution >= 0.6 is 15.9 Å². The highest BCUT2D eigenvalue weighted by Gasteiger charge is 2.13. The Morgan fingerprint density at radius 2 is 2.05 bits per heavy atom. The van der Waals surface area contributed by atoms with Gasteiger partial charge in [0.1, 0.15) is 6.61 Å². The van der Waals surface area contributed by atoms with Crippen molar-refractivity contribution < 1.29 is 14.3 Å². The minimum absolute atomic E-state index is 0.0777. The first-order valence-corrected chi connectivity index (χ1v) is 7.01. The van der Waals surface area contributed by atoms with Crippen LogP contribution in [0, 0.1) is 5.92 Å². The highest BCUT2D eigenvalue weighted by molar-refractivity contribution is 9.10. The second-order valence-electron chi connectivity index (χ2n) is 4.75. The van der Waals surface area contributed by atoms with Crippen molar-refractivity contribution in [1.29, 1.82) is 0 Å². The molecule has 0 amide bonds. The Kier molecular flexibility index (Phi) is 6.31. The van der Waals surface area contributed by atoms with E-state index in [4.69, 9.17) is 15.2 Å². The molecule has 0 aliphatic rings. The summed E-state index contributed by atoms with van der Waals surface area (Å²) in [6.45, 7) is 7.20. The van der Waals surface area contributed by atoms with Crippen molar-refractivity contribution in [3.8, 4) is 5.75 Å². The number of carbonyl (C=O) groups is 1. The summed E-state index contributed by atoms with van der Waals surface area (Å²) in [4.78, 5) is 11.6. The van der Waals surface area contributed by atoms with Gasteiger partial charge in [0.15, 0.2) is 11.5 Å². The Bertz CT molecular complexity index is 447. The van der Waals surface area contributed by atoms with Crippen molar-refractivity contribution in [3.63, 3.8) is 0 Å². The molecule has 19 heavy (non-hydrogen) atoms. The van der Waals surface area contributed by atoms with Gasteiger partial charge in [-0.25, -0.2) is 0 Å². The number of anilines is 1. The van der Waals surface area contributed by atoms with E-state index in [1.54, 1.807) is 12.1 Å². The first-order valence-electron chi connectivity index (χ1n) is 6.22. The minimum atomic E-state index is -0.0777. The van der Waals surface area contributed by atoms with Crippen molar-refractivity contribution in [2.45, 2.75) is 20.8 Å². The number of nitrogen functional groups attached to an aromatic ring is 1. The summed E-state index contributed by atoms with van der Waals surface area (Å²) in [5.74, 6) is 0.848. The van der Waals surface area contributed by atoms with Crippen molar-refractivity contribution in [2.24, 2.45) is 5.92 Å². The number of hydrogen-bond donors (Lipinski definition) is 1. The Balaban J connectivity index is 2.64. The summed E-state index contributed by atoms with van der Waals surface area (Å²) in [5, 5.41) is 0. The quantitative estimate of drug-likeness (QED) is 0.473. The largest absolute Gasteiger partial charge is 0.488 e. The van der Waals surface area contributed by atoms with Crippen LogP contribution in [-0.4, -0.2) is 25.6 Å². The first kappa shape index (κ1) is 16.0. The topological polar surface area (TPSA) is 61.6 Å². The molecule has 106 valence electrons. The highest BCUT2D eigenvalue weighted by Crippen LogP contribution is 2.31. The fraction of sp³-hybridized carbons (Fsp3) is 0.500. The molecule has 1 rings (SSSR count). The molecular weight excluding hydrogens is 310 g/mol. The Hall–Kier alpha value is -1.07. The van der Waals surface area contributed by atoms with Crippen LogP contribution < -0.4 is 10.5 Å². The number of benzene rings is 1. The van der Waals surface area contributed by atoms with Crippen molar-refractivity contribution in [2.75, 3.05) is 25.6 Å². The van der Waals surface area contributed by atoms with E-state index in [9.17, 15) is 4.79 Å². The highest BCUT2D eigenvalue weighted by atomic mass is 79.9. The van der Waals surface area contributed by atoms with E-state index in [0.717, 1.165) is 4.47 Å². The number of halogens is 1. The molecule has 1 aromatic rings. The van der Waals surface area contributed by atoms with Gasteiger partial charge in [0.2, 0.25) is 0 Å². The van der Waals surface area contributed by atoms with Gasteiger partial charge in [-0.2, -0.15) is 0 Å². The Morgan fingerprint density at radius 3 is 2.63 bits per heavy atom. The summed E-state index contributed by atoms with van der Waals surface area (Å²) in [6.07, 6.45) is 0. The fourth-order valence-corrected chi connectivity index (χ4v) is 2.03. The Morgan fingerprint density at radius 1 is 1.37 bits per heavy atom. The third kappa shape index (κ3) is 5.20. The van der Waals surface area contributed by atoms with Crippen LogP contribution in [0.4, 0.5) is 5.69 Å². The fourth-order valence-electron chi connectivity index (χ4n) is 1.56. The first-order chi connectivity index (χ1) is 8.91. The zero-order valence-corrected chi connectivity index (χ0v) is 13.1. The molecule has 1 aromatic carbocycles. The van der Waals surface area contributed by atoms with Gasteiger partial charge >= 0.3 is 0 Å². The summed E-state index contributed by atoms with van der Waals surface area (Å²) in [5.41, 5.74) is 6.80. The van der Waals surface area contributed by atoms with Gasteiger partial charge in [0, 0.05) is 11.1 Å². The van der Waals surface area contributed by atoms with Crippen LogP contribution in [0.25, 0.3) is 0 Å². The van der Waals surface area contributed by atoms with Crippen molar-refractivity contribution in [1.82, 2.24) is 0 Å². The van der Waals surface area contributed by atoms with E-state index in [1.807, 2.05) is 0 Å². The number of ether oxygens (including phenoxy) is 2. The van der Waals surface area contributed by atoms with Gasteiger partial charge in [-0.1, -0.05) is 29.8 Å². The summed E-state index contributed by atoms with van der Waals surface area (Å²) in [6, 6.07) is 3.43. The lowest BCUT2D eigenvalue weighted by molar-refractivity contribution is 0.0812. The van der Waals surface area contributed by atoms with Crippen LogP contribution in [0.1, 0.15) is 31.1 Å². The maximum atomic E-state index is 11.6. The maximum Gasteiger partial charge on any atom is 0.163 e. The predicted octanol–water partition coefficient (Wildman–Crippen LogP) is 3.29. The third-order valence-corrected chi connectivity index (χ3v) is 2.84. The number of Topliss-reactive ketones (excluding diaryl/α,β-unsaturated/α-hetero) is 1. The molecule has 0 spiro atoms. The van der Waals surface area contributed by atoms with Crippen LogP contribution in [0.2, 0.25) is 0 Å². The monoisotopic (exact) mass is 329 g/mol. The van der Waals surface area contributed by atoms with Gasteiger partial charge in [-0.05, 0) is 25.0 Å². The SMILES string of the molecule is CC(=O)c1cc(Br)cc(N)c1OCCOCC(C)C. The third-order valence-electron chi connectivity index (χ3n) is 2.39. The smallest absolute Gasteiger partial charge is 0.163 e. The maximum absolute atomic E-state index is 11.6. The molecule has 0 unspecified atom stereocenters. The van der Waals surface area contributed by atoms with Crippen LogP contribution in [-0.2, 0) is 4.74 Å². The zero-order chi connectivity index (χ0) is 14.4. The molecule has 0 radical (unpaired) electrons. The van der Waals surface area contributed by atoms with Gasteiger partial charge in [0.25, 0.3) is 0 Å². The molecule has 2 N–H and O–H groups in total. The average molecular weight is 330 g/mol. The van der Waals surface area contributed by atoms with Gasteiger partial charge in [-0.3, -0.25) is 4.79 Å². The second kappa shape index (κ2) is 7.50. The molecule has 0 atom stereocenters. The second-order valence-corrected chi connectivity index (χ2v) is 5.66. The lowest BCUT2D eigenvalue weighted by atomic mass is 10.1. The van der Waals surface area contributed by atoms with Crippen LogP contribution in [0.5, 0.6) is 5.75 Å². The molecule has 4 nitrogen and oxygen atoms in total. The molecular formula is C14H20BrNO3. The van der Waals surface area contributed by atoms with E-state index in [0.29, 0.717) is 42.7 Å². The standard InChI is InChI=1S/C14H20BrNO3/c1-9(2)8-18-4-5-19-14-12(10(3)17)6-11(15)7-13(14)16/h6-7,9H,4-5,8,16H2,1-3H3. The summed E-state index contributed by atoms with van der Waals surface area (Å²) >= 11 is 3.31. The van der Waals surface area contributed by atoms with Crippen molar-refractivity contribution in [3.05, 3.63) is 22.2 Å². The Labute approximate surface area is 122 Å². The van der Waals surface area contributed by atoms with Gasteiger partial charge < -0.3 is 15.2 Å². The lowest BCUT2D eigenvalue weighted by Gasteiger charge is -2.13. The van der Waals surface area contributed by atoms with E-state index in [1.165, 1.54) is 6.92 Å². The molecule has 0 heterocycles. The van der Waals surface area contributed by atoms with Crippen molar-refractivity contribution >= 4 is 27.4 Å². The lowest BCUT2D eigenvalue weighted by Crippen LogP contribution is -2.12.